The molecule has 0 bridgehead atoms. The second-order valence-corrected chi connectivity index (χ2v) is 5.72. The monoisotopic (exact) mass is 333 g/mol. The summed E-state index contributed by atoms with van der Waals surface area (Å²) in [6, 6.07) is 8.54. The molecule has 0 saturated heterocycles. The summed E-state index contributed by atoms with van der Waals surface area (Å²) in [7, 11) is 1.66. The molecule has 1 aliphatic rings. The van der Waals surface area contributed by atoms with Gasteiger partial charge in [-0.15, -0.1) is 0 Å². The van der Waals surface area contributed by atoms with Crippen molar-refractivity contribution in [3.63, 3.8) is 0 Å². The third-order valence-electron chi connectivity index (χ3n) is 3.28. The lowest BCUT2D eigenvalue weighted by molar-refractivity contribution is 0.412. The lowest BCUT2D eigenvalue weighted by Gasteiger charge is -2.07. The van der Waals surface area contributed by atoms with Gasteiger partial charge in [0.1, 0.15) is 11.6 Å². The topological polar surface area (TPSA) is 47.0 Å². The number of nitrogens with one attached hydrogen (secondary N) is 1. The molecule has 0 amide bonds. The number of aromatic nitrogens is 2. The van der Waals surface area contributed by atoms with Gasteiger partial charge in [0.25, 0.3) is 0 Å². The minimum atomic E-state index is 0.664. The van der Waals surface area contributed by atoms with Crippen LogP contribution in [0.15, 0.2) is 34.9 Å². The summed E-state index contributed by atoms with van der Waals surface area (Å²) in [5, 5.41) is 3.43. The van der Waals surface area contributed by atoms with Gasteiger partial charge in [0.15, 0.2) is 0 Å². The van der Waals surface area contributed by atoms with E-state index in [2.05, 4.69) is 31.2 Å². The van der Waals surface area contributed by atoms with Gasteiger partial charge in [-0.25, -0.2) is 9.97 Å². The first-order valence-corrected chi connectivity index (χ1v) is 7.45. The van der Waals surface area contributed by atoms with Gasteiger partial charge in [-0.1, -0.05) is 0 Å². The van der Waals surface area contributed by atoms with Crippen molar-refractivity contribution in [3.05, 3.63) is 40.8 Å². The van der Waals surface area contributed by atoms with E-state index in [0.717, 1.165) is 33.8 Å². The van der Waals surface area contributed by atoms with Gasteiger partial charge in [0.05, 0.1) is 23.8 Å². The largest absolute Gasteiger partial charge is 0.496 e. The van der Waals surface area contributed by atoms with Gasteiger partial charge in [-0.3, -0.25) is 0 Å². The van der Waals surface area contributed by atoms with Crippen LogP contribution in [0.3, 0.4) is 0 Å². The number of halogens is 1. The van der Waals surface area contributed by atoms with Gasteiger partial charge in [-0.2, -0.15) is 0 Å². The number of benzene rings is 1. The molecular formula is C15H16BrN3O. The zero-order chi connectivity index (χ0) is 13.9. The molecule has 0 spiro atoms. The minimum absolute atomic E-state index is 0.664. The van der Waals surface area contributed by atoms with Crippen molar-refractivity contribution >= 4 is 15.9 Å². The van der Waals surface area contributed by atoms with Crippen LogP contribution < -0.4 is 10.1 Å². The molecular weight excluding hydrogens is 318 g/mol. The van der Waals surface area contributed by atoms with Crippen LogP contribution in [0.25, 0.3) is 11.3 Å². The number of hydrogen-bond donors (Lipinski definition) is 1. The fourth-order valence-electron chi connectivity index (χ4n) is 1.99. The number of nitrogens with zero attached hydrogens (tertiary/aromatic N) is 2. The second-order valence-electron chi connectivity index (χ2n) is 4.86. The molecule has 1 aromatic heterocycles. The van der Waals surface area contributed by atoms with Crippen molar-refractivity contribution < 1.29 is 4.74 Å². The van der Waals surface area contributed by atoms with Gasteiger partial charge >= 0.3 is 0 Å². The van der Waals surface area contributed by atoms with Crippen LogP contribution in [0, 0.1) is 0 Å². The van der Waals surface area contributed by atoms with Crippen LogP contribution in [0.2, 0.25) is 0 Å². The Morgan fingerprint density at radius 2 is 2.20 bits per heavy atom. The molecule has 4 nitrogen and oxygen atoms in total. The van der Waals surface area contributed by atoms with E-state index >= 15 is 0 Å². The fourth-order valence-corrected chi connectivity index (χ4v) is 2.53. The first-order valence-electron chi connectivity index (χ1n) is 6.65. The first-order chi connectivity index (χ1) is 9.76. The minimum Gasteiger partial charge on any atom is -0.496 e. The molecule has 2 aromatic rings. The third-order valence-corrected chi connectivity index (χ3v) is 3.90. The van der Waals surface area contributed by atoms with Crippen LogP contribution in [0.5, 0.6) is 5.75 Å². The highest BCUT2D eigenvalue weighted by atomic mass is 79.9. The fraction of sp³-hybridized carbons (Fsp3) is 0.333. The predicted octanol–water partition coefficient (Wildman–Crippen LogP) is 3.17. The smallest absolute Gasteiger partial charge is 0.142 e. The Kier molecular flexibility index (Phi) is 3.98. The van der Waals surface area contributed by atoms with E-state index in [1.165, 1.54) is 12.8 Å². The van der Waals surface area contributed by atoms with E-state index in [9.17, 15) is 0 Å². The van der Waals surface area contributed by atoms with Crippen molar-refractivity contribution in [2.24, 2.45) is 0 Å². The van der Waals surface area contributed by atoms with Crippen molar-refractivity contribution in [1.82, 2.24) is 15.3 Å². The highest BCUT2D eigenvalue weighted by Gasteiger charge is 2.20. The molecule has 0 radical (unpaired) electrons. The van der Waals surface area contributed by atoms with Crippen molar-refractivity contribution in [3.8, 4) is 17.0 Å². The van der Waals surface area contributed by atoms with Crippen molar-refractivity contribution in [2.75, 3.05) is 7.11 Å². The zero-order valence-corrected chi connectivity index (χ0v) is 12.9. The molecule has 1 fully saturated rings. The van der Waals surface area contributed by atoms with Crippen LogP contribution >= 0.6 is 15.9 Å². The average Bonchev–Trinajstić information content (AvgIpc) is 3.29. The maximum Gasteiger partial charge on any atom is 0.142 e. The number of methoxy groups -OCH3 is 1. The Hall–Kier alpha value is -1.46. The van der Waals surface area contributed by atoms with Gasteiger partial charge in [0.2, 0.25) is 0 Å². The predicted molar refractivity (Wildman–Crippen MR) is 81.6 cm³/mol. The SMILES string of the molecule is COc1ccc(-c2ccnc(CNC3CC3)n2)cc1Br. The summed E-state index contributed by atoms with van der Waals surface area (Å²) in [6.07, 6.45) is 4.35. The Morgan fingerprint density at radius 3 is 2.90 bits per heavy atom. The van der Waals surface area contributed by atoms with Gasteiger partial charge in [-0.05, 0) is 53.0 Å². The Labute approximate surface area is 126 Å². The van der Waals surface area contributed by atoms with Crippen LogP contribution in [-0.4, -0.2) is 23.1 Å². The Bertz CT molecular complexity index is 614. The summed E-state index contributed by atoms with van der Waals surface area (Å²) in [5.41, 5.74) is 1.98. The zero-order valence-electron chi connectivity index (χ0n) is 11.3. The maximum absolute atomic E-state index is 5.24. The lowest BCUT2D eigenvalue weighted by Crippen LogP contribution is -2.17. The highest BCUT2D eigenvalue weighted by Crippen LogP contribution is 2.29. The quantitative estimate of drug-likeness (QED) is 0.912. The number of hydrogen-bond acceptors (Lipinski definition) is 4. The molecule has 1 aromatic carbocycles. The molecule has 104 valence electrons. The summed E-state index contributed by atoms with van der Waals surface area (Å²) in [4.78, 5) is 8.91. The lowest BCUT2D eigenvalue weighted by atomic mass is 10.1. The van der Waals surface area contributed by atoms with E-state index in [0.29, 0.717) is 6.04 Å². The van der Waals surface area contributed by atoms with Gasteiger partial charge < -0.3 is 10.1 Å². The molecule has 1 saturated carbocycles. The summed E-state index contributed by atoms with van der Waals surface area (Å²) in [6.45, 7) is 0.732. The van der Waals surface area contributed by atoms with E-state index in [1.807, 2.05) is 30.5 Å². The van der Waals surface area contributed by atoms with Gasteiger partial charge in [0, 0.05) is 17.8 Å². The normalized spacial score (nSPS) is 14.3. The van der Waals surface area contributed by atoms with E-state index in [-0.39, 0.29) is 0 Å². The molecule has 1 aliphatic carbocycles. The Balaban J connectivity index is 1.81. The maximum atomic E-state index is 5.24. The van der Waals surface area contributed by atoms with E-state index in [1.54, 1.807) is 7.11 Å². The molecule has 1 heterocycles. The van der Waals surface area contributed by atoms with Crippen molar-refractivity contribution in [1.29, 1.82) is 0 Å². The summed E-state index contributed by atoms with van der Waals surface area (Å²) in [5.74, 6) is 1.65. The van der Waals surface area contributed by atoms with Crippen LogP contribution in [0.1, 0.15) is 18.7 Å². The standard InChI is InChI=1S/C15H16BrN3O/c1-20-14-5-2-10(8-12(14)16)13-6-7-17-15(19-13)9-18-11-3-4-11/h2,5-8,11,18H,3-4,9H2,1H3. The third kappa shape index (κ3) is 3.16. The summed E-state index contributed by atoms with van der Waals surface area (Å²) >= 11 is 3.50. The first kappa shape index (κ1) is 13.5. The van der Waals surface area contributed by atoms with Crippen molar-refractivity contribution in [2.45, 2.75) is 25.4 Å². The van der Waals surface area contributed by atoms with Crippen LogP contribution in [0.4, 0.5) is 0 Å². The molecule has 0 aliphatic heterocycles. The molecule has 5 heteroatoms. The number of ether oxygens (including phenoxy) is 1. The Morgan fingerprint density at radius 1 is 1.35 bits per heavy atom. The second kappa shape index (κ2) is 5.89. The van der Waals surface area contributed by atoms with Crippen LogP contribution in [-0.2, 0) is 6.54 Å². The number of rotatable bonds is 5. The molecule has 0 atom stereocenters. The molecule has 1 N–H and O–H groups in total. The summed E-state index contributed by atoms with van der Waals surface area (Å²) < 4.78 is 6.17. The highest BCUT2D eigenvalue weighted by molar-refractivity contribution is 9.10. The average molecular weight is 334 g/mol. The molecule has 0 unspecified atom stereocenters. The molecule has 3 rings (SSSR count). The molecule has 20 heavy (non-hydrogen) atoms. The van der Waals surface area contributed by atoms with E-state index in [4.69, 9.17) is 4.74 Å². The van der Waals surface area contributed by atoms with E-state index < -0.39 is 0 Å².